The smallest absolute Gasteiger partial charge is 0.0436 e. The molecule has 2 nitrogen and oxygen atoms in total. The Hall–Kier alpha value is 0.270. The van der Waals surface area contributed by atoms with Gasteiger partial charge in [-0.3, -0.25) is 0 Å². The number of rotatable bonds is 8. The van der Waals surface area contributed by atoms with Crippen LogP contribution in [0, 0.1) is 5.41 Å². The van der Waals surface area contributed by atoms with Crippen LogP contribution in [0.15, 0.2) is 0 Å². The van der Waals surface area contributed by atoms with E-state index in [1.165, 1.54) is 12.2 Å². The van der Waals surface area contributed by atoms with E-state index >= 15 is 0 Å². The lowest BCUT2D eigenvalue weighted by molar-refractivity contribution is 0.207. The number of nitrogens with one attached hydrogen (secondary N) is 1. The van der Waals surface area contributed by atoms with Crippen LogP contribution in [-0.2, 0) is 0 Å². The SMILES string of the molecule is CSCCCNCC(C)(C)CCO. The molecule has 0 saturated heterocycles. The van der Waals surface area contributed by atoms with Crippen molar-refractivity contribution in [1.82, 2.24) is 5.32 Å². The Labute approximate surface area is 86.5 Å². The van der Waals surface area contributed by atoms with Gasteiger partial charge in [-0.05, 0) is 36.8 Å². The van der Waals surface area contributed by atoms with Crippen LogP contribution in [0.1, 0.15) is 26.7 Å². The van der Waals surface area contributed by atoms with E-state index in [9.17, 15) is 0 Å². The Balaban J connectivity index is 3.29. The van der Waals surface area contributed by atoms with Crippen molar-refractivity contribution in [1.29, 1.82) is 0 Å². The second kappa shape index (κ2) is 7.65. The zero-order valence-corrected chi connectivity index (χ0v) is 9.91. The summed E-state index contributed by atoms with van der Waals surface area (Å²) in [6, 6.07) is 0. The molecule has 0 aliphatic carbocycles. The maximum Gasteiger partial charge on any atom is 0.0436 e. The summed E-state index contributed by atoms with van der Waals surface area (Å²) in [4.78, 5) is 0. The molecule has 0 amide bonds. The summed E-state index contributed by atoms with van der Waals surface area (Å²) in [5.74, 6) is 1.23. The van der Waals surface area contributed by atoms with E-state index in [0.29, 0.717) is 6.61 Å². The molecule has 0 aliphatic heterocycles. The fraction of sp³-hybridized carbons (Fsp3) is 1.00. The van der Waals surface area contributed by atoms with Gasteiger partial charge in [-0.25, -0.2) is 0 Å². The molecule has 2 N–H and O–H groups in total. The predicted octanol–water partition coefficient (Wildman–Crippen LogP) is 1.74. The minimum absolute atomic E-state index is 0.230. The van der Waals surface area contributed by atoms with E-state index in [-0.39, 0.29) is 5.41 Å². The fourth-order valence-corrected chi connectivity index (χ4v) is 1.59. The molecule has 0 aromatic carbocycles. The Bertz CT molecular complexity index is 117. The molecular weight excluding hydrogens is 182 g/mol. The number of hydrogen-bond donors (Lipinski definition) is 2. The molecule has 0 saturated carbocycles. The monoisotopic (exact) mass is 205 g/mol. The Kier molecular flexibility index (Phi) is 7.81. The van der Waals surface area contributed by atoms with Crippen LogP contribution in [0.5, 0.6) is 0 Å². The van der Waals surface area contributed by atoms with Gasteiger partial charge in [0.15, 0.2) is 0 Å². The second-order valence-electron chi connectivity index (χ2n) is 4.16. The van der Waals surface area contributed by atoms with E-state index in [0.717, 1.165) is 19.5 Å². The zero-order valence-electron chi connectivity index (χ0n) is 9.10. The molecule has 80 valence electrons. The van der Waals surface area contributed by atoms with Gasteiger partial charge in [0.05, 0.1) is 0 Å². The number of aliphatic hydroxyl groups is 1. The zero-order chi connectivity index (χ0) is 10.2. The van der Waals surface area contributed by atoms with Gasteiger partial charge in [-0.1, -0.05) is 13.8 Å². The average Bonchev–Trinajstić information content (AvgIpc) is 2.04. The summed E-state index contributed by atoms with van der Waals surface area (Å²) in [6.07, 6.45) is 4.24. The molecule has 0 radical (unpaired) electrons. The van der Waals surface area contributed by atoms with Gasteiger partial charge in [0.1, 0.15) is 0 Å². The molecule has 0 atom stereocenters. The molecule has 0 aromatic rings. The summed E-state index contributed by atoms with van der Waals surface area (Å²) in [6.45, 7) is 6.76. The van der Waals surface area contributed by atoms with Crippen LogP contribution in [0.25, 0.3) is 0 Å². The molecule has 0 aromatic heterocycles. The topological polar surface area (TPSA) is 32.3 Å². The van der Waals surface area contributed by atoms with E-state index in [2.05, 4.69) is 25.4 Å². The predicted molar refractivity (Wildman–Crippen MR) is 61.4 cm³/mol. The third-order valence-electron chi connectivity index (χ3n) is 2.09. The van der Waals surface area contributed by atoms with Crippen LogP contribution in [-0.4, -0.2) is 36.8 Å². The number of aliphatic hydroxyl groups excluding tert-OH is 1. The van der Waals surface area contributed by atoms with Gasteiger partial charge in [0, 0.05) is 13.2 Å². The first-order valence-corrected chi connectivity index (χ1v) is 6.32. The second-order valence-corrected chi connectivity index (χ2v) is 5.15. The normalized spacial score (nSPS) is 12.0. The first kappa shape index (κ1) is 13.3. The molecule has 3 heteroatoms. The highest BCUT2D eigenvalue weighted by Gasteiger charge is 2.15. The highest BCUT2D eigenvalue weighted by atomic mass is 32.2. The van der Waals surface area contributed by atoms with Crippen LogP contribution in [0.4, 0.5) is 0 Å². The lowest BCUT2D eigenvalue weighted by atomic mass is 9.90. The highest BCUT2D eigenvalue weighted by molar-refractivity contribution is 7.98. The molecule has 0 spiro atoms. The lowest BCUT2D eigenvalue weighted by Gasteiger charge is -2.23. The maximum atomic E-state index is 8.81. The van der Waals surface area contributed by atoms with Gasteiger partial charge in [0.2, 0.25) is 0 Å². The van der Waals surface area contributed by atoms with E-state index in [4.69, 9.17) is 5.11 Å². The molecule has 0 unspecified atom stereocenters. The molecule has 0 bridgehead atoms. The van der Waals surface area contributed by atoms with Crippen molar-refractivity contribution in [3.63, 3.8) is 0 Å². The number of hydrogen-bond acceptors (Lipinski definition) is 3. The standard InChI is InChI=1S/C10H23NOS/c1-10(2,5-7-12)9-11-6-4-8-13-3/h11-12H,4-9H2,1-3H3. The Morgan fingerprint density at radius 3 is 2.62 bits per heavy atom. The van der Waals surface area contributed by atoms with Gasteiger partial charge < -0.3 is 10.4 Å². The molecule has 13 heavy (non-hydrogen) atoms. The van der Waals surface area contributed by atoms with Crippen molar-refractivity contribution < 1.29 is 5.11 Å². The van der Waals surface area contributed by atoms with Gasteiger partial charge in [-0.2, -0.15) is 11.8 Å². The average molecular weight is 205 g/mol. The van der Waals surface area contributed by atoms with Crippen molar-refractivity contribution in [2.24, 2.45) is 5.41 Å². The highest BCUT2D eigenvalue weighted by Crippen LogP contribution is 2.17. The Morgan fingerprint density at radius 1 is 1.38 bits per heavy atom. The van der Waals surface area contributed by atoms with Crippen molar-refractivity contribution in [2.45, 2.75) is 26.7 Å². The third kappa shape index (κ3) is 8.60. The van der Waals surface area contributed by atoms with Crippen molar-refractivity contribution in [3.05, 3.63) is 0 Å². The first-order chi connectivity index (χ1) is 6.12. The summed E-state index contributed by atoms with van der Waals surface area (Å²) in [5, 5.41) is 12.2. The van der Waals surface area contributed by atoms with Gasteiger partial charge in [-0.15, -0.1) is 0 Å². The van der Waals surface area contributed by atoms with Crippen molar-refractivity contribution in [3.8, 4) is 0 Å². The first-order valence-electron chi connectivity index (χ1n) is 4.93. The lowest BCUT2D eigenvalue weighted by Crippen LogP contribution is -2.31. The molecule has 0 rings (SSSR count). The van der Waals surface area contributed by atoms with Crippen LogP contribution in [0.3, 0.4) is 0 Å². The summed E-state index contributed by atoms with van der Waals surface area (Å²) >= 11 is 1.89. The minimum atomic E-state index is 0.230. The Morgan fingerprint density at radius 2 is 2.08 bits per heavy atom. The van der Waals surface area contributed by atoms with E-state index in [1.807, 2.05) is 11.8 Å². The van der Waals surface area contributed by atoms with Crippen LogP contribution >= 0.6 is 11.8 Å². The van der Waals surface area contributed by atoms with Gasteiger partial charge >= 0.3 is 0 Å². The fourth-order valence-electron chi connectivity index (χ4n) is 1.16. The van der Waals surface area contributed by atoms with Crippen molar-refractivity contribution >= 4 is 11.8 Å². The van der Waals surface area contributed by atoms with E-state index in [1.54, 1.807) is 0 Å². The molecule has 0 heterocycles. The molecule has 0 fully saturated rings. The molecular formula is C10H23NOS. The third-order valence-corrected chi connectivity index (χ3v) is 2.79. The van der Waals surface area contributed by atoms with Gasteiger partial charge in [0.25, 0.3) is 0 Å². The minimum Gasteiger partial charge on any atom is -0.396 e. The summed E-state index contributed by atoms with van der Waals surface area (Å²) in [5.41, 5.74) is 0.230. The summed E-state index contributed by atoms with van der Waals surface area (Å²) in [7, 11) is 0. The molecule has 0 aliphatic rings. The number of thioether (sulfide) groups is 1. The quantitative estimate of drug-likeness (QED) is 0.592. The summed E-state index contributed by atoms with van der Waals surface area (Å²) < 4.78 is 0. The largest absolute Gasteiger partial charge is 0.396 e. The van der Waals surface area contributed by atoms with Crippen molar-refractivity contribution in [2.75, 3.05) is 31.7 Å². The van der Waals surface area contributed by atoms with Crippen LogP contribution < -0.4 is 5.32 Å². The van der Waals surface area contributed by atoms with E-state index < -0.39 is 0 Å². The maximum absolute atomic E-state index is 8.81. The van der Waals surface area contributed by atoms with Crippen LogP contribution in [0.2, 0.25) is 0 Å².